The van der Waals surface area contributed by atoms with Gasteiger partial charge in [0.2, 0.25) is 0 Å². The first-order valence-electron chi connectivity index (χ1n) is 12.5. The zero-order valence-electron chi connectivity index (χ0n) is 21.1. The van der Waals surface area contributed by atoms with Crippen LogP contribution >= 0.6 is 0 Å². The third-order valence-corrected chi connectivity index (χ3v) is 6.55. The molecule has 3 heterocycles. The van der Waals surface area contributed by atoms with Crippen molar-refractivity contribution in [2.75, 3.05) is 29.9 Å². The molecule has 1 fully saturated rings. The van der Waals surface area contributed by atoms with E-state index < -0.39 is 29.2 Å². The average Bonchev–Trinajstić information content (AvgIpc) is 3.45. The van der Waals surface area contributed by atoms with E-state index in [1.807, 2.05) is 0 Å². The molecule has 4 aromatic rings. The lowest BCUT2D eigenvalue weighted by atomic mass is 9.96. The second kappa shape index (κ2) is 11.3. The zero-order valence-corrected chi connectivity index (χ0v) is 21.1. The SMILES string of the molecule is NC[C@@H]1CCCN(c2c(NC(=O)c3ccn(-c4ccnnc4)n3)ccc(Oc3ccccc3F)c2C(F)(F)F)C1. The number of hydrogen-bond donors (Lipinski definition) is 2. The molecule has 1 amide bonds. The van der Waals surface area contributed by atoms with Crippen LogP contribution in [0.25, 0.3) is 5.69 Å². The van der Waals surface area contributed by atoms with Crippen molar-refractivity contribution in [3.8, 4) is 17.2 Å². The van der Waals surface area contributed by atoms with Crippen molar-refractivity contribution in [3.63, 3.8) is 0 Å². The monoisotopic (exact) mass is 555 g/mol. The third-order valence-electron chi connectivity index (χ3n) is 6.55. The molecule has 0 saturated carbocycles. The van der Waals surface area contributed by atoms with Gasteiger partial charge in [0.15, 0.2) is 17.3 Å². The standard InChI is InChI=1S/C27H25F4N7O2/c28-19-5-1-2-6-22(19)40-23-8-7-20(25(24(23)27(29,30)31)37-12-3-4-17(14-32)16-37)35-26(39)21-10-13-38(36-21)18-9-11-33-34-15-18/h1-2,5-11,13,15,17H,3-4,12,14,16,32H2,(H,35,39)/t17-/m0/s1. The molecular formula is C27H25F4N7O2. The van der Waals surface area contributed by atoms with Crippen LogP contribution in [0.1, 0.15) is 28.9 Å². The summed E-state index contributed by atoms with van der Waals surface area (Å²) in [5.74, 6) is -2.51. The van der Waals surface area contributed by atoms with Gasteiger partial charge in [-0.1, -0.05) is 12.1 Å². The number of rotatable bonds is 7. The van der Waals surface area contributed by atoms with Crippen LogP contribution in [0.15, 0.2) is 67.1 Å². The second-order valence-corrected chi connectivity index (χ2v) is 9.26. The topological polar surface area (TPSA) is 111 Å². The smallest absolute Gasteiger partial charge is 0.422 e. The summed E-state index contributed by atoms with van der Waals surface area (Å²) >= 11 is 0. The minimum atomic E-state index is -4.90. The fraction of sp³-hybridized carbons (Fsp3) is 0.259. The van der Waals surface area contributed by atoms with Crippen molar-refractivity contribution in [1.29, 1.82) is 0 Å². The third kappa shape index (κ3) is 5.73. The number of nitrogens with two attached hydrogens (primary N) is 1. The minimum absolute atomic E-state index is 0.0264. The summed E-state index contributed by atoms with van der Waals surface area (Å²) in [7, 11) is 0. The molecule has 1 atom stereocenters. The number of nitrogens with one attached hydrogen (secondary N) is 1. The number of anilines is 2. The Hall–Kier alpha value is -4.52. The van der Waals surface area contributed by atoms with Crippen molar-refractivity contribution in [3.05, 3.63) is 84.2 Å². The van der Waals surface area contributed by atoms with Gasteiger partial charge in [-0.2, -0.15) is 28.5 Å². The van der Waals surface area contributed by atoms with Crippen LogP contribution in [0.3, 0.4) is 0 Å². The Morgan fingerprint density at radius 2 is 1.93 bits per heavy atom. The van der Waals surface area contributed by atoms with E-state index in [1.54, 1.807) is 11.0 Å². The molecule has 0 spiro atoms. The van der Waals surface area contributed by atoms with Gasteiger partial charge in [-0.3, -0.25) is 4.79 Å². The van der Waals surface area contributed by atoms with Gasteiger partial charge in [0.25, 0.3) is 5.91 Å². The number of ether oxygens (including phenoxy) is 1. The fourth-order valence-electron chi connectivity index (χ4n) is 4.66. The molecule has 208 valence electrons. The van der Waals surface area contributed by atoms with Gasteiger partial charge in [0, 0.05) is 19.3 Å². The number of amides is 1. The van der Waals surface area contributed by atoms with E-state index in [0.717, 1.165) is 18.6 Å². The van der Waals surface area contributed by atoms with Crippen LogP contribution < -0.4 is 20.7 Å². The Kier molecular flexibility index (Phi) is 7.65. The van der Waals surface area contributed by atoms with Crippen molar-refractivity contribution in [1.82, 2.24) is 20.0 Å². The summed E-state index contributed by atoms with van der Waals surface area (Å²) < 4.78 is 65.3. The van der Waals surface area contributed by atoms with Crippen molar-refractivity contribution in [2.24, 2.45) is 11.7 Å². The first kappa shape index (κ1) is 27.1. The van der Waals surface area contributed by atoms with E-state index in [0.29, 0.717) is 25.2 Å². The van der Waals surface area contributed by atoms with Crippen molar-refractivity contribution < 1.29 is 27.1 Å². The molecule has 13 heteroatoms. The second-order valence-electron chi connectivity index (χ2n) is 9.26. The number of piperidine rings is 1. The van der Waals surface area contributed by atoms with Gasteiger partial charge < -0.3 is 20.7 Å². The first-order chi connectivity index (χ1) is 19.2. The number of halogens is 4. The molecule has 0 aliphatic carbocycles. The molecule has 0 bridgehead atoms. The Labute approximate surface area is 226 Å². The molecule has 0 unspecified atom stereocenters. The molecule has 1 aliphatic rings. The Bertz CT molecular complexity index is 1490. The van der Waals surface area contributed by atoms with Crippen LogP contribution in [0.4, 0.5) is 28.9 Å². The van der Waals surface area contributed by atoms with Gasteiger partial charge in [-0.25, -0.2) is 9.07 Å². The fourth-order valence-corrected chi connectivity index (χ4v) is 4.66. The van der Waals surface area contributed by atoms with E-state index in [1.165, 1.54) is 53.6 Å². The normalized spacial score (nSPS) is 15.6. The summed E-state index contributed by atoms with van der Waals surface area (Å²) in [6, 6.07) is 10.6. The minimum Gasteiger partial charge on any atom is -0.454 e. The lowest BCUT2D eigenvalue weighted by molar-refractivity contribution is -0.138. The maximum Gasteiger partial charge on any atom is 0.422 e. The Morgan fingerprint density at radius 1 is 1.10 bits per heavy atom. The molecule has 2 aromatic heterocycles. The Balaban J connectivity index is 1.56. The number of carbonyl (C=O) groups is 1. The molecule has 2 aromatic carbocycles. The molecule has 1 aliphatic heterocycles. The van der Waals surface area contributed by atoms with Gasteiger partial charge in [-0.15, -0.1) is 0 Å². The van der Waals surface area contributed by atoms with E-state index in [-0.39, 0.29) is 35.3 Å². The van der Waals surface area contributed by atoms with Crippen LogP contribution in [0.2, 0.25) is 0 Å². The predicted octanol–water partition coefficient (Wildman–Crippen LogP) is 5.04. The number of alkyl halides is 3. The molecular weight excluding hydrogens is 530 g/mol. The maximum atomic E-state index is 14.7. The zero-order chi connectivity index (χ0) is 28.3. The highest BCUT2D eigenvalue weighted by Crippen LogP contribution is 2.48. The summed E-state index contributed by atoms with van der Waals surface area (Å²) in [5.41, 5.74) is 4.89. The van der Waals surface area contributed by atoms with Gasteiger partial charge >= 0.3 is 6.18 Å². The molecule has 3 N–H and O–H groups in total. The van der Waals surface area contributed by atoms with Crippen LogP contribution in [0.5, 0.6) is 11.5 Å². The van der Waals surface area contributed by atoms with E-state index >= 15 is 0 Å². The highest BCUT2D eigenvalue weighted by molar-refractivity contribution is 6.05. The van der Waals surface area contributed by atoms with Crippen LogP contribution in [0, 0.1) is 11.7 Å². The summed E-state index contributed by atoms with van der Waals surface area (Å²) in [6.45, 7) is 0.844. The number of carbonyl (C=O) groups excluding carboxylic acids is 1. The largest absolute Gasteiger partial charge is 0.454 e. The van der Waals surface area contributed by atoms with E-state index in [9.17, 15) is 22.4 Å². The maximum absolute atomic E-state index is 14.7. The average molecular weight is 556 g/mol. The highest BCUT2D eigenvalue weighted by Gasteiger charge is 2.41. The molecule has 1 saturated heterocycles. The van der Waals surface area contributed by atoms with Crippen molar-refractivity contribution in [2.45, 2.75) is 19.0 Å². The quantitative estimate of drug-likeness (QED) is 0.308. The summed E-state index contributed by atoms with van der Waals surface area (Å²) in [5, 5.41) is 14.3. The van der Waals surface area contributed by atoms with Crippen LogP contribution in [-0.4, -0.2) is 45.5 Å². The predicted molar refractivity (Wildman–Crippen MR) is 139 cm³/mol. The van der Waals surface area contributed by atoms with Gasteiger partial charge in [-0.05, 0) is 61.7 Å². The van der Waals surface area contributed by atoms with E-state index in [2.05, 4.69) is 20.6 Å². The summed E-state index contributed by atoms with van der Waals surface area (Å²) in [6.07, 6.45) is 0.900. The summed E-state index contributed by atoms with van der Waals surface area (Å²) in [4.78, 5) is 14.7. The first-order valence-corrected chi connectivity index (χ1v) is 12.5. The number of benzene rings is 2. The number of hydrogen-bond acceptors (Lipinski definition) is 7. The number of para-hydroxylation sites is 1. The molecule has 40 heavy (non-hydrogen) atoms. The highest BCUT2D eigenvalue weighted by atomic mass is 19.4. The van der Waals surface area contributed by atoms with E-state index in [4.69, 9.17) is 10.5 Å². The number of aromatic nitrogens is 4. The Morgan fingerprint density at radius 3 is 2.65 bits per heavy atom. The van der Waals surface area contributed by atoms with Crippen molar-refractivity contribution >= 4 is 17.3 Å². The lowest BCUT2D eigenvalue weighted by Crippen LogP contribution is -2.40. The van der Waals surface area contributed by atoms with Gasteiger partial charge in [0.1, 0.15) is 11.3 Å². The van der Waals surface area contributed by atoms with Crippen LogP contribution in [-0.2, 0) is 6.18 Å². The molecule has 0 radical (unpaired) electrons. The number of nitrogens with zero attached hydrogens (tertiary/aromatic N) is 5. The molecule has 5 rings (SSSR count). The molecule has 9 nitrogen and oxygen atoms in total. The van der Waals surface area contributed by atoms with Gasteiger partial charge in [0.05, 0.1) is 29.5 Å². The lowest BCUT2D eigenvalue weighted by Gasteiger charge is -2.37.